The molecule has 0 atom stereocenters. The zero-order valence-electron chi connectivity index (χ0n) is 16.8. The number of hydrogen-bond donors (Lipinski definition) is 1. The van der Waals surface area contributed by atoms with Crippen LogP contribution in [0.15, 0.2) is 71.4 Å². The second-order valence-corrected chi connectivity index (χ2v) is 6.54. The summed E-state index contributed by atoms with van der Waals surface area (Å²) >= 11 is 0. The van der Waals surface area contributed by atoms with E-state index in [0.717, 1.165) is 0 Å². The van der Waals surface area contributed by atoms with E-state index in [0.29, 0.717) is 22.7 Å². The number of nitrogens with zero attached hydrogens (tertiary/aromatic N) is 1. The van der Waals surface area contributed by atoms with E-state index in [2.05, 4.69) is 0 Å². The Kier molecular flexibility index (Phi) is 6.32. The first-order valence-electron chi connectivity index (χ1n) is 9.43. The molecule has 30 heavy (non-hydrogen) atoms. The maximum Gasteiger partial charge on any atom is 0.340 e. The lowest BCUT2D eigenvalue weighted by Gasteiger charge is -2.17. The highest BCUT2D eigenvalue weighted by atomic mass is 16.5. The summed E-state index contributed by atoms with van der Waals surface area (Å²) in [4.78, 5) is 38.2. The molecule has 0 unspecified atom stereocenters. The second kappa shape index (κ2) is 9.09. The summed E-state index contributed by atoms with van der Waals surface area (Å²) in [5, 5.41) is 0. The molecule has 2 aromatic rings. The summed E-state index contributed by atoms with van der Waals surface area (Å²) < 4.78 is 10.4. The summed E-state index contributed by atoms with van der Waals surface area (Å²) in [5.41, 5.74) is 7.43. The van der Waals surface area contributed by atoms with Gasteiger partial charge >= 0.3 is 5.97 Å². The molecule has 3 rings (SSSR count). The van der Waals surface area contributed by atoms with E-state index < -0.39 is 11.9 Å². The van der Waals surface area contributed by atoms with E-state index in [1.165, 1.54) is 4.90 Å². The van der Waals surface area contributed by atoms with Crippen molar-refractivity contribution in [2.45, 2.75) is 13.8 Å². The Hall–Kier alpha value is -3.87. The molecule has 154 valence electrons. The van der Waals surface area contributed by atoms with Gasteiger partial charge < -0.3 is 15.2 Å². The lowest BCUT2D eigenvalue weighted by Crippen LogP contribution is -2.24. The average molecular weight is 406 g/mol. The zero-order chi connectivity index (χ0) is 21.7. The van der Waals surface area contributed by atoms with Crippen molar-refractivity contribution < 1.29 is 23.9 Å². The van der Waals surface area contributed by atoms with Gasteiger partial charge in [-0.1, -0.05) is 30.3 Å². The number of rotatable bonds is 7. The largest absolute Gasteiger partial charge is 0.484 e. The molecule has 1 aliphatic heterocycles. The molecular formula is C23H22N2O5. The lowest BCUT2D eigenvalue weighted by atomic mass is 10.0. The van der Waals surface area contributed by atoms with E-state index in [1.54, 1.807) is 56.3 Å². The van der Waals surface area contributed by atoms with Crippen LogP contribution in [0.4, 0.5) is 5.69 Å². The number of nitrogens with two attached hydrogens (primary N) is 1. The minimum absolute atomic E-state index is 0.203. The Balaban J connectivity index is 1.98. The Morgan fingerprint density at radius 1 is 1.07 bits per heavy atom. The number of anilines is 1. The highest BCUT2D eigenvalue weighted by molar-refractivity contribution is 6.23. The molecule has 0 saturated carbocycles. The number of carbonyl (C=O) groups is 3. The van der Waals surface area contributed by atoms with Gasteiger partial charge in [-0.15, -0.1) is 0 Å². The third kappa shape index (κ3) is 4.41. The van der Waals surface area contributed by atoms with Crippen LogP contribution in [-0.4, -0.2) is 31.0 Å². The number of benzene rings is 2. The minimum atomic E-state index is -0.571. The van der Waals surface area contributed by atoms with Gasteiger partial charge in [0, 0.05) is 11.4 Å². The fraction of sp³-hybridized carbons (Fsp3) is 0.174. The molecular weight excluding hydrogens is 384 g/mol. The maximum atomic E-state index is 13.2. The van der Waals surface area contributed by atoms with E-state index in [-0.39, 0.29) is 30.3 Å². The molecule has 0 bridgehead atoms. The average Bonchev–Trinajstić information content (AvgIpc) is 2.98. The van der Waals surface area contributed by atoms with Gasteiger partial charge in [0.25, 0.3) is 11.8 Å². The van der Waals surface area contributed by atoms with Crippen molar-refractivity contribution in [2.24, 2.45) is 5.73 Å². The molecule has 0 aliphatic carbocycles. The van der Waals surface area contributed by atoms with Crippen LogP contribution in [0.3, 0.4) is 0 Å². The smallest absolute Gasteiger partial charge is 0.340 e. The van der Waals surface area contributed by atoms with Crippen molar-refractivity contribution in [3.63, 3.8) is 0 Å². The van der Waals surface area contributed by atoms with Crippen molar-refractivity contribution in [2.75, 3.05) is 18.1 Å². The van der Waals surface area contributed by atoms with Crippen LogP contribution in [0, 0.1) is 0 Å². The van der Waals surface area contributed by atoms with Gasteiger partial charge in [-0.25, -0.2) is 4.79 Å². The molecule has 1 aliphatic rings. The number of esters is 1. The number of allylic oxidation sites excluding steroid dienone is 1. The van der Waals surface area contributed by atoms with Crippen LogP contribution in [0.5, 0.6) is 5.75 Å². The van der Waals surface area contributed by atoms with Crippen molar-refractivity contribution >= 4 is 29.5 Å². The Bertz CT molecular complexity index is 1020. The third-order valence-electron chi connectivity index (χ3n) is 4.47. The summed E-state index contributed by atoms with van der Waals surface area (Å²) in [7, 11) is 0. The van der Waals surface area contributed by atoms with Gasteiger partial charge in [0.05, 0.1) is 17.8 Å². The first-order valence-corrected chi connectivity index (χ1v) is 9.43. The number of primary amides is 1. The molecule has 0 spiro atoms. The first kappa shape index (κ1) is 20.9. The van der Waals surface area contributed by atoms with Crippen molar-refractivity contribution in [3.05, 3.63) is 77.0 Å². The minimum Gasteiger partial charge on any atom is -0.484 e. The number of carbonyl (C=O) groups excluding carboxylic acids is 3. The molecule has 1 heterocycles. The molecule has 2 amide bonds. The highest BCUT2D eigenvalue weighted by Gasteiger charge is 2.37. The van der Waals surface area contributed by atoms with Crippen molar-refractivity contribution in [1.82, 2.24) is 0 Å². The predicted octanol–water partition coefficient (Wildman–Crippen LogP) is 2.82. The van der Waals surface area contributed by atoms with Crippen LogP contribution in [-0.2, 0) is 19.1 Å². The van der Waals surface area contributed by atoms with E-state index >= 15 is 0 Å². The summed E-state index contributed by atoms with van der Waals surface area (Å²) in [6.45, 7) is 3.42. The van der Waals surface area contributed by atoms with Gasteiger partial charge in [0.2, 0.25) is 0 Å². The fourth-order valence-electron chi connectivity index (χ4n) is 3.15. The van der Waals surface area contributed by atoms with Gasteiger partial charge in [-0.3, -0.25) is 14.5 Å². The topological polar surface area (TPSA) is 98.9 Å². The van der Waals surface area contributed by atoms with Crippen molar-refractivity contribution in [3.8, 4) is 5.75 Å². The number of amides is 2. The Morgan fingerprint density at radius 3 is 2.33 bits per heavy atom. The number of para-hydroxylation sites is 1. The van der Waals surface area contributed by atoms with Gasteiger partial charge in [-0.2, -0.15) is 0 Å². The second-order valence-electron chi connectivity index (χ2n) is 6.54. The molecule has 2 aromatic carbocycles. The van der Waals surface area contributed by atoms with Crippen LogP contribution in [0.1, 0.15) is 19.4 Å². The SMILES string of the molecule is CCOC(=O)C1=C(C)N(c2ccccc2)C(=O)/C1=C\c1ccc(OCC(N)=O)cc1. The first-order chi connectivity index (χ1) is 14.4. The fourth-order valence-corrected chi connectivity index (χ4v) is 3.15. The maximum absolute atomic E-state index is 13.2. The van der Waals surface area contributed by atoms with E-state index in [4.69, 9.17) is 15.2 Å². The van der Waals surface area contributed by atoms with Gasteiger partial charge in [0.1, 0.15) is 5.75 Å². The lowest BCUT2D eigenvalue weighted by molar-refractivity contribution is -0.138. The monoisotopic (exact) mass is 406 g/mol. The van der Waals surface area contributed by atoms with E-state index in [9.17, 15) is 14.4 Å². The van der Waals surface area contributed by atoms with Crippen LogP contribution in [0.2, 0.25) is 0 Å². The molecule has 7 nitrogen and oxygen atoms in total. The standard InChI is InChI=1S/C23H22N2O5/c1-3-29-23(28)21-15(2)25(17-7-5-4-6-8-17)22(27)19(21)13-16-9-11-18(12-10-16)30-14-20(24)26/h4-13H,3,14H2,1-2H3,(H2,24,26)/b19-13-. The summed E-state index contributed by atoms with van der Waals surface area (Å²) in [5.74, 6) is -0.958. The molecule has 0 saturated heterocycles. The van der Waals surface area contributed by atoms with Gasteiger partial charge in [-0.05, 0) is 49.8 Å². The van der Waals surface area contributed by atoms with E-state index in [1.807, 2.05) is 18.2 Å². The van der Waals surface area contributed by atoms with Crippen LogP contribution < -0.4 is 15.4 Å². The normalized spacial score (nSPS) is 14.9. The third-order valence-corrected chi connectivity index (χ3v) is 4.47. The van der Waals surface area contributed by atoms with Crippen molar-refractivity contribution in [1.29, 1.82) is 0 Å². The molecule has 7 heteroatoms. The summed E-state index contributed by atoms with van der Waals surface area (Å²) in [6, 6.07) is 15.9. The Morgan fingerprint density at radius 2 is 1.73 bits per heavy atom. The Labute approximate surface area is 174 Å². The number of ether oxygens (including phenoxy) is 2. The van der Waals surface area contributed by atoms with Crippen LogP contribution >= 0.6 is 0 Å². The van der Waals surface area contributed by atoms with Crippen LogP contribution in [0.25, 0.3) is 6.08 Å². The summed E-state index contributed by atoms with van der Waals surface area (Å²) in [6.07, 6.45) is 1.64. The molecule has 0 radical (unpaired) electrons. The molecule has 0 aromatic heterocycles. The highest BCUT2D eigenvalue weighted by Crippen LogP contribution is 2.35. The zero-order valence-corrected chi connectivity index (χ0v) is 16.8. The molecule has 0 fully saturated rings. The quantitative estimate of drug-likeness (QED) is 0.563. The predicted molar refractivity (Wildman–Crippen MR) is 112 cm³/mol. The number of hydrogen-bond acceptors (Lipinski definition) is 5. The van der Waals surface area contributed by atoms with Gasteiger partial charge in [0.15, 0.2) is 6.61 Å². The molecule has 2 N–H and O–H groups in total.